The van der Waals surface area contributed by atoms with E-state index in [1.54, 1.807) is 0 Å². The van der Waals surface area contributed by atoms with Gasteiger partial charge in [-0.1, -0.05) is 127 Å². The highest BCUT2D eigenvalue weighted by Gasteiger charge is 2.28. The van der Waals surface area contributed by atoms with Crippen molar-refractivity contribution in [2.24, 2.45) is 5.73 Å². The van der Waals surface area contributed by atoms with Crippen molar-refractivity contribution in [2.75, 3.05) is 19.8 Å². The number of carboxylic acids is 1. The lowest BCUT2D eigenvalue weighted by Gasteiger charge is -2.20. The summed E-state index contributed by atoms with van der Waals surface area (Å²) in [4.78, 5) is 45.4. The second-order valence-electron chi connectivity index (χ2n) is 12.3. The van der Waals surface area contributed by atoms with E-state index in [0.717, 1.165) is 83.5 Å². The van der Waals surface area contributed by atoms with Crippen LogP contribution in [0.2, 0.25) is 0 Å². The number of rotatable bonds is 34. The normalized spacial score (nSPS) is 14.5. The van der Waals surface area contributed by atoms with Gasteiger partial charge in [0, 0.05) is 12.8 Å². The molecule has 288 valence electrons. The molecule has 0 aliphatic rings. The average Bonchev–Trinajstić information content (AvgIpc) is 3.08. The molecular formula is C38H66NO10P. The molecule has 0 saturated carbocycles. The number of carboxylic acid groups (broad SMARTS) is 1. The Hall–Kier alpha value is -2.56. The first-order valence-electron chi connectivity index (χ1n) is 18.7. The Labute approximate surface area is 301 Å². The lowest BCUT2D eigenvalue weighted by atomic mass is 10.1. The fourth-order valence-corrected chi connectivity index (χ4v) is 5.42. The fourth-order valence-electron chi connectivity index (χ4n) is 4.64. The van der Waals surface area contributed by atoms with E-state index in [1.165, 1.54) is 19.3 Å². The minimum atomic E-state index is -4.70. The van der Waals surface area contributed by atoms with Crippen LogP contribution in [0, 0.1) is 0 Å². The van der Waals surface area contributed by atoms with Crippen molar-refractivity contribution in [1.29, 1.82) is 0 Å². The van der Waals surface area contributed by atoms with Crippen LogP contribution in [-0.2, 0) is 37.5 Å². The molecule has 12 heteroatoms. The Balaban J connectivity index is 4.26. The number of allylic oxidation sites excluding steroid dienone is 8. The maximum absolute atomic E-state index is 12.5. The van der Waals surface area contributed by atoms with E-state index in [0.29, 0.717) is 12.8 Å². The summed E-state index contributed by atoms with van der Waals surface area (Å²) in [6.45, 7) is 2.55. The molecular weight excluding hydrogens is 661 g/mol. The third kappa shape index (κ3) is 32.6. The van der Waals surface area contributed by atoms with E-state index < -0.39 is 51.1 Å². The first-order valence-corrected chi connectivity index (χ1v) is 20.2. The molecule has 0 bridgehead atoms. The zero-order valence-electron chi connectivity index (χ0n) is 30.7. The van der Waals surface area contributed by atoms with Crippen molar-refractivity contribution in [2.45, 2.75) is 154 Å². The van der Waals surface area contributed by atoms with Gasteiger partial charge in [0.25, 0.3) is 0 Å². The van der Waals surface area contributed by atoms with Gasteiger partial charge < -0.3 is 25.2 Å². The van der Waals surface area contributed by atoms with Gasteiger partial charge in [-0.25, -0.2) is 4.57 Å². The second kappa shape index (κ2) is 33.6. The van der Waals surface area contributed by atoms with E-state index >= 15 is 0 Å². The molecule has 0 amide bonds. The van der Waals surface area contributed by atoms with E-state index in [4.69, 9.17) is 24.8 Å². The topological polar surface area (TPSA) is 172 Å². The first-order chi connectivity index (χ1) is 24.1. The third-order valence-corrected chi connectivity index (χ3v) is 8.54. The fraction of sp³-hybridized carbons (Fsp3) is 0.711. The molecule has 0 fully saturated rings. The maximum atomic E-state index is 12.5. The summed E-state index contributed by atoms with van der Waals surface area (Å²) in [5.74, 6) is -2.41. The Morgan fingerprint density at radius 1 is 0.640 bits per heavy atom. The van der Waals surface area contributed by atoms with Crippen molar-refractivity contribution in [3.63, 3.8) is 0 Å². The number of phosphoric acid groups is 1. The van der Waals surface area contributed by atoms with Gasteiger partial charge in [0.05, 0.1) is 13.2 Å². The molecule has 0 spiro atoms. The number of aliphatic carboxylic acids is 1. The number of phosphoric ester groups is 1. The second-order valence-corrected chi connectivity index (χ2v) is 13.8. The van der Waals surface area contributed by atoms with Crippen LogP contribution >= 0.6 is 7.82 Å². The highest BCUT2D eigenvalue weighted by atomic mass is 31.2. The summed E-state index contributed by atoms with van der Waals surface area (Å²) in [5, 5.41) is 8.83. The van der Waals surface area contributed by atoms with Gasteiger partial charge in [-0.2, -0.15) is 0 Å². The van der Waals surface area contributed by atoms with Gasteiger partial charge in [0.2, 0.25) is 0 Å². The molecule has 0 radical (unpaired) electrons. The van der Waals surface area contributed by atoms with E-state index in [2.05, 4.69) is 67.0 Å². The van der Waals surface area contributed by atoms with Crippen LogP contribution in [0.4, 0.5) is 0 Å². The number of carbonyl (C=O) groups is 3. The summed E-state index contributed by atoms with van der Waals surface area (Å²) in [7, 11) is -4.70. The Morgan fingerprint density at radius 2 is 1.12 bits per heavy atom. The van der Waals surface area contributed by atoms with E-state index in [-0.39, 0.29) is 19.4 Å². The maximum Gasteiger partial charge on any atom is 0.472 e. The smallest absolute Gasteiger partial charge is 0.472 e. The largest absolute Gasteiger partial charge is 0.480 e. The monoisotopic (exact) mass is 727 g/mol. The van der Waals surface area contributed by atoms with E-state index in [9.17, 15) is 23.8 Å². The molecule has 3 atom stereocenters. The Bertz CT molecular complexity index is 1040. The number of hydrogen-bond donors (Lipinski definition) is 3. The minimum absolute atomic E-state index is 0.150. The number of nitrogens with two attached hydrogens (primary N) is 1. The Kier molecular flexibility index (Phi) is 31.9. The molecule has 0 aliphatic heterocycles. The van der Waals surface area contributed by atoms with Gasteiger partial charge in [-0.05, 0) is 51.4 Å². The molecule has 0 heterocycles. The summed E-state index contributed by atoms with van der Waals surface area (Å²) >= 11 is 0. The first kappa shape index (κ1) is 47.4. The van der Waals surface area contributed by atoms with Crippen LogP contribution in [0.5, 0.6) is 0 Å². The molecule has 0 aromatic carbocycles. The van der Waals surface area contributed by atoms with Crippen molar-refractivity contribution in [3.8, 4) is 0 Å². The van der Waals surface area contributed by atoms with Crippen LogP contribution in [0.3, 0.4) is 0 Å². The number of hydrogen-bond acceptors (Lipinski definition) is 9. The van der Waals surface area contributed by atoms with Crippen LogP contribution in [-0.4, -0.2) is 59.9 Å². The number of ether oxygens (including phenoxy) is 2. The van der Waals surface area contributed by atoms with Crippen molar-refractivity contribution in [1.82, 2.24) is 0 Å². The van der Waals surface area contributed by atoms with Crippen LogP contribution in [0.25, 0.3) is 0 Å². The van der Waals surface area contributed by atoms with Crippen molar-refractivity contribution in [3.05, 3.63) is 48.6 Å². The van der Waals surface area contributed by atoms with Crippen LogP contribution < -0.4 is 5.73 Å². The minimum Gasteiger partial charge on any atom is -0.480 e. The van der Waals surface area contributed by atoms with Gasteiger partial charge in [0.15, 0.2) is 6.10 Å². The molecule has 0 rings (SSSR count). The molecule has 0 aliphatic carbocycles. The van der Waals surface area contributed by atoms with Gasteiger partial charge in [0.1, 0.15) is 12.6 Å². The molecule has 0 aromatic heterocycles. The predicted molar refractivity (Wildman–Crippen MR) is 198 cm³/mol. The zero-order chi connectivity index (χ0) is 37.1. The number of esters is 2. The summed E-state index contributed by atoms with van der Waals surface area (Å²) in [5.41, 5.74) is 5.29. The lowest BCUT2D eigenvalue weighted by molar-refractivity contribution is -0.161. The molecule has 3 unspecified atom stereocenters. The molecule has 0 aromatic rings. The standard InChI is InChI=1S/C38H66NO10P/c1-3-5-7-9-10-11-12-13-14-15-16-17-18-19-20-21-22-23-24-26-28-30-37(41)49-34(31-46-36(40)29-27-25-8-6-4-2)32-47-50(44,45)48-33-35(39)38(42)43/h5,7,10-11,13-14,16-17,34-35H,3-4,6,8-9,12,15,18-33,39H2,1-2H3,(H,42,43)(H,44,45)/b7-5-,11-10-,14-13-,17-16-. The predicted octanol–water partition coefficient (Wildman–Crippen LogP) is 9.05. The molecule has 4 N–H and O–H groups in total. The SMILES string of the molecule is CC/C=C\C/C=C\C/C=C\C/C=C\CCCCCCCCCCC(=O)OC(COC(=O)CCCCCCC)COP(=O)(O)OCC(N)C(=O)O. The summed E-state index contributed by atoms with van der Waals surface area (Å²) in [6.07, 6.45) is 35.2. The summed E-state index contributed by atoms with van der Waals surface area (Å²) < 4.78 is 32.3. The Morgan fingerprint density at radius 3 is 1.68 bits per heavy atom. The highest BCUT2D eigenvalue weighted by Crippen LogP contribution is 2.43. The average molecular weight is 728 g/mol. The van der Waals surface area contributed by atoms with Crippen LogP contribution in [0.1, 0.15) is 142 Å². The van der Waals surface area contributed by atoms with Crippen molar-refractivity contribution < 1.29 is 47.5 Å². The quantitative estimate of drug-likeness (QED) is 0.0250. The molecule has 0 saturated heterocycles. The lowest BCUT2D eigenvalue weighted by Crippen LogP contribution is -2.34. The summed E-state index contributed by atoms with van der Waals surface area (Å²) in [6, 6.07) is -1.52. The van der Waals surface area contributed by atoms with Crippen molar-refractivity contribution >= 4 is 25.7 Å². The number of unbranched alkanes of at least 4 members (excludes halogenated alkanes) is 12. The van der Waals surface area contributed by atoms with Gasteiger partial charge in [-0.15, -0.1) is 0 Å². The molecule has 50 heavy (non-hydrogen) atoms. The number of carbonyl (C=O) groups excluding carboxylic acids is 2. The zero-order valence-corrected chi connectivity index (χ0v) is 31.6. The van der Waals surface area contributed by atoms with Crippen LogP contribution in [0.15, 0.2) is 48.6 Å². The molecule has 11 nitrogen and oxygen atoms in total. The van der Waals surface area contributed by atoms with Gasteiger partial charge in [-0.3, -0.25) is 23.4 Å². The van der Waals surface area contributed by atoms with Gasteiger partial charge >= 0.3 is 25.7 Å². The van der Waals surface area contributed by atoms with E-state index in [1.807, 2.05) is 0 Å². The third-order valence-electron chi connectivity index (χ3n) is 7.59. The highest BCUT2D eigenvalue weighted by molar-refractivity contribution is 7.47.